The molecule has 4 aromatic rings. The van der Waals surface area contributed by atoms with Crippen LogP contribution in [0, 0.1) is 20.8 Å². The van der Waals surface area contributed by atoms with Gasteiger partial charge in [-0.1, -0.05) is 53.7 Å². The summed E-state index contributed by atoms with van der Waals surface area (Å²) in [6.07, 6.45) is 0. The second-order valence-corrected chi connectivity index (χ2v) is 10.7. The fourth-order valence-electron chi connectivity index (χ4n) is 4.34. The Hall–Kier alpha value is -2.81. The van der Waals surface area contributed by atoms with E-state index in [1.54, 1.807) is 0 Å². The molecule has 0 atom stereocenters. The van der Waals surface area contributed by atoms with Crippen molar-refractivity contribution >= 4 is 21.9 Å². The van der Waals surface area contributed by atoms with Crippen molar-refractivity contribution in [2.24, 2.45) is 0 Å². The first kappa shape index (κ1) is 21.4. The Kier molecular flexibility index (Phi) is 4.92. The number of rotatable bonds is 1. The first-order valence-corrected chi connectivity index (χ1v) is 11.0. The number of fused-ring (bicyclic) bond motifs is 2. The highest BCUT2D eigenvalue weighted by Gasteiger charge is 2.27. The SMILES string of the molecule is Cc1nc(C)c(-c2c3ccc(C(C)(C)C)cc3[o+]c3cc(C(C)(C)C)ccc23)c(C)n1. The van der Waals surface area contributed by atoms with E-state index in [-0.39, 0.29) is 10.8 Å². The molecule has 2 heterocycles. The summed E-state index contributed by atoms with van der Waals surface area (Å²) < 4.78 is 6.54. The van der Waals surface area contributed by atoms with Crippen molar-refractivity contribution in [3.05, 3.63) is 64.7 Å². The molecule has 0 saturated heterocycles. The minimum atomic E-state index is 0.0465. The highest BCUT2D eigenvalue weighted by atomic mass is 16.3. The molecule has 2 aromatic carbocycles. The van der Waals surface area contributed by atoms with Crippen molar-refractivity contribution in [1.29, 1.82) is 0 Å². The molecule has 0 spiro atoms. The summed E-state index contributed by atoms with van der Waals surface area (Å²) in [5.74, 6) is 0.804. The minimum absolute atomic E-state index is 0.0465. The van der Waals surface area contributed by atoms with Gasteiger partial charge in [-0.2, -0.15) is 0 Å². The first-order valence-electron chi connectivity index (χ1n) is 11.0. The van der Waals surface area contributed by atoms with Gasteiger partial charge in [0.1, 0.15) is 5.82 Å². The lowest BCUT2D eigenvalue weighted by molar-refractivity contribution is 0.583. The van der Waals surface area contributed by atoms with Crippen molar-refractivity contribution in [2.75, 3.05) is 0 Å². The third kappa shape index (κ3) is 3.82. The Labute approximate surface area is 185 Å². The summed E-state index contributed by atoms with van der Waals surface area (Å²) in [7, 11) is 0. The van der Waals surface area contributed by atoms with Crippen LogP contribution >= 0.6 is 0 Å². The maximum atomic E-state index is 6.54. The van der Waals surface area contributed by atoms with E-state index in [0.717, 1.165) is 50.3 Å². The molecule has 3 heteroatoms. The van der Waals surface area contributed by atoms with Crippen molar-refractivity contribution in [3.63, 3.8) is 0 Å². The number of aromatic nitrogens is 2. The fourth-order valence-corrected chi connectivity index (χ4v) is 4.34. The fraction of sp³-hybridized carbons (Fsp3) is 0.393. The molecule has 0 saturated carbocycles. The van der Waals surface area contributed by atoms with E-state index >= 15 is 0 Å². The van der Waals surface area contributed by atoms with Crippen molar-refractivity contribution < 1.29 is 4.42 Å². The third-order valence-electron chi connectivity index (χ3n) is 6.09. The second kappa shape index (κ2) is 7.12. The average molecular weight is 414 g/mol. The maximum absolute atomic E-state index is 6.54. The average Bonchev–Trinajstić information content (AvgIpc) is 2.64. The van der Waals surface area contributed by atoms with Crippen molar-refractivity contribution in [1.82, 2.24) is 9.97 Å². The predicted octanol–water partition coefficient (Wildman–Crippen LogP) is 7.84. The quantitative estimate of drug-likeness (QED) is 0.235. The molecule has 2 aromatic heterocycles. The van der Waals surface area contributed by atoms with Gasteiger partial charge in [-0.15, -0.1) is 0 Å². The van der Waals surface area contributed by atoms with Gasteiger partial charge >= 0.3 is 11.2 Å². The first-order chi connectivity index (χ1) is 14.4. The number of aryl methyl sites for hydroxylation is 3. The van der Waals surface area contributed by atoms with Gasteiger partial charge in [-0.25, -0.2) is 14.4 Å². The number of benzene rings is 2. The van der Waals surface area contributed by atoms with Gasteiger partial charge in [0.25, 0.3) is 0 Å². The summed E-state index contributed by atoms with van der Waals surface area (Å²) >= 11 is 0. The maximum Gasteiger partial charge on any atom is 0.361 e. The van der Waals surface area contributed by atoms with Crippen LogP contribution in [0.4, 0.5) is 0 Å². The van der Waals surface area contributed by atoms with E-state index in [1.165, 1.54) is 11.1 Å². The lowest BCUT2D eigenvalue weighted by Gasteiger charge is -2.19. The Morgan fingerprint density at radius 3 is 1.42 bits per heavy atom. The van der Waals surface area contributed by atoms with Gasteiger partial charge < -0.3 is 0 Å². The Bertz CT molecular complexity index is 1230. The molecule has 31 heavy (non-hydrogen) atoms. The molecule has 0 radical (unpaired) electrons. The molecule has 0 fully saturated rings. The van der Waals surface area contributed by atoms with Crippen LogP contribution in [0.25, 0.3) is 33.1 Å². The predicted molar refractivity (Wildman–Crippen MR) is 131 cm³/mol. The standard InChI is InChI=1S/C28H33N2O/c1-16-25(17(2)30-18(3)29-16)26-21-12-10-19(27(4,5)6)14-23(21)31-24-15-20(28(7,8)9)11-13-22(24)26/h10-15H,1-9H3/q+1. The van der Waals surface area contributed by atoms with Crippen molar-refractivity contribution in [3.8, 4) is 11.1 Å². The summed E-state index contributed by atoms with van der Waals surface area (Å²) in [6, 6.07) is 13.2. The summed E-state index contributed by atoms with van der Waals surface area (Å²) in [5, 5.41) is 2.20. The van der Waals surface area contributed by atoms with Crippen LogP contribution in [0.2, 0.25) is 0 Å². The van der Waals surface area contributed by atoms with Gasteiger partial charge in [0.2, 0.25) is 0 Å². The molecule has 4 rings (SSSR count). The molecule has 0 aliphatic carbocycles. The molecule has 160 valence electrons. The van der Waals surface area contributed by atoms with Crippen LogP contribution in [-0.4, -0.2) is 9.97 Å². The summed E-state index contributed by atoms with van der Waals surface area (Å²) in [6.45, 7) is 19.5. The van der Waals surface area contributed by atoms with E-state index in [1.807, 2.05) is 6.92 Å². The largest absolute Gasteiger partial charge is 0.361 e. The van der Waals surface area contributed by atoms with Crippen LogP contribution in [-0.2, 0) is 10.8 Å². The van der Waals surface area contributed by atoms with Crippen LogP contribution in [0.3, 0.4) is 0 Å². The zero-order valence-electron chi connectivity index (χ0n) is 20.3. The molecule has 0 aliphatic rings. The van der Waals surface area contributed by atoms with Gasteiger partial charge in [-0.3, -0.25) is 0 Å². The van der Waals surface area contributed by atoms with Gasteiger partial charge in [0.05, 0.1) is 10.8 Å². The lowest BCUT2D eigenvalue weighted by Crippen LogP contribution is -2.11. The lowest BCUT2D eigenvalue weighted by atomic mass is 9.84. The Morgan fingerprint density at radius 2 is 1.03 bits per heavy atom. The highest BCUT2D eigenvalue weighted by Crippen LogP contribution is 2.41. The smallest absolute Gasteiger partial charge is 0.238 e. The molecular formula is C28H33N2O+. The second-order valence-electron chi connectivity index (χ2n) is 10.7. The minimum Gasteiger partial charge on any atom is -0.238 e. The van der Waals surface area contributed by atoms with E-state index in [2.05, 4.69) is 91.8 Å². The molecular weight excluding hydrogens is 380 g/mol. The monoisotopic (exact) mass is 413 g/mol. The Balaban J connectivity index is 2.18. The number of nitrogens with zero attached hydrogens (tertiary/aromatic N) is 2. The van der Waals surface area contributed by atoms with E-state index < -0.39 is 0 Å². The summed E-state index contributed by atoms with van der Waals surface area (Å²) in [5.41, 5.74) is 8.67. The van der Waals surface area contributed by atoms with Crippen LogP contribution in [0.5, 0.6) is 0 Å². The molecule has 3 nitrogen and oxygen atoms in total. The molecule has 0 aliphatic heterocycles. The van der Waals surface area contributed by atoms with Gasteiger partial charge in [-0.05, 0) is 54.9 Å². The summed E-state index contributed by atoms with van der Waals surface area (Å²) in [4.78, 5) is 9.39. The number of hydrogen-bond donors (Lipinski definition) is 0. The van der Waals surface area contributed by atoms with E-state index in [9.17, 15) is 0 Å². The third-order valence-corrected chi connectivity index (χ3v) is 6.09. The number of hydrogen-bond acceptors (Lipinski definition) is 2. The van der Waals surface area contributed by atoms with Crippen molar-refractivity contribution in [2.45, 2.75) is 73.1 Å². The van der Waals surface area contributed by atoms with Crippen LogP contribution < -0.4 is 0 Å². The molecule has 0 N–H and O–H groups in total. The topological polar surface area (TPSA) is 37.1 Å². The molecule has 0 bridgehead atoms. The zero-order chi connectivity index (χ0) is 22.7. The molecule has 0 amide bonds. The zero-order valence-corrected chi connectivity index (χ0v) is 20.3. The van der Waals surface area contributed by atoms with Gasteiger partial charge in [0.15, 0.2) is 0 Å². The van der Waals surface area contributed by atoms with Gasteiger partial charge in [0, 0.05) is 34.6 Å². The van der Waals surface area contributed by atoms with E-state index in [4.69, 9.17) is 14.4 Å². The highest BCUT2D eigenvalue weighted by molar-refractivity contribution is 6.09. The normalized spacial score (nSPS) is 12.7. The van der Waals surface area contributed by atoms with E-state index in [0.29, 0.717) is 0 Å². The molecule has 0 unspecified atom stereocenters. The van der Waals surface area contributed by atoms with Crippen LogP contribution in [0.15, 0.2) is 40.8 Å². The Morgan fingerprint density at radius 1 is 0.613 bits per heavy atom. The van der Waals surface area contributed by atoms with Crippen LogP contribution in [0.1, 0.15) is 69.9 Å².